The minimum absolute atomic E-state index is 0.108. The number of rotatable bonds is 3. The van der Waals surface area contributed by atoms with Crippen molar-refractivity contribution in [2.45, 2.75) is 25.4 Å². The molecule has 0 fully saturated rings. The number of aromatic nitrogens is 4. The molecule has 1 aliphatic rings. The van der Waals surface area contributed by atoms with Gasteiger partial charge in [-0.05, 0) is 54.3 Å². The molecule has 3 heterocycles. The maximum atomic E-state index is 13.3. The predicted molar refractivity (Wildman–Crippen MR) is 119 cm³/mol. The molecule has 1 aliphatic heterocycles. The topological polar surface area (TPSA) is 93.8 Å². The number of halogens is 1. The van der Waals surface area contributed by atoms with Crippen molar-refractivity contribution in [3.63, 3.8) is 0 Å². The summed E-state index contributed by atoms with van der Waals surface area (Å²) in [7, 11) is 1.70. The predicted octanol–water partition coefficient (Wildman–Crippen LogP) is 3.07. The summed E-state index contributed by atoms with van der Waals surface area (Å²) >= 11 is 0. The number of anilines is 1. The summed E-state index contributed by atoms with van der Waals surface area (Å²) in [4.78, 5) is 24.5. The van der Waals surface area contributed by atoms with Crippen LogP contribution in [0.4, 0.5) is 14.9 Å². The first kappa shape index (κ1) is 19.9. The van der Waals surface area contributed by atoms with Gasteiger partial charge in [-0.3, -0.25) is 4.79 Å². The summed E-state index contributed by atoms with van der Waals surface area (Å²) in [6, 6.07) is 14.4. The van der Waals surface area contributed by atoms with E-state index in [1.54, 1.807) is 41.9 Å². The van der Waals surface area contributed by atoms with E-state index in [9.17, 15) is 14.0 Å². The molecule has 162 valence electrons. The average Bonchev–Trinajstić information content (AvgIpc) is 3.20. The zero-order valence-electron chi connectivity index (χ0n) is 17.4. The molecule has 4 aromatic rings. The van der Waals surface area contributed by atoms with Crippen molar-refractivity contribution in [2.75, 3.05) is 5.32 Å². The van der Waals surface area contributed by atoms with Crippen LogP contribution in [-0.2, 0) is 20.0 Å². The maximum Gasteiger partial charge on any atom is 0.319 e. The van der Waals surface area contributed by atoms with E-state index in [1.165, 1.54) is 18.2 Å². The molecule has 0 radical (unpaired) electrons. The third-order valence-electron chi connectivity index (χ3n) is 5.77. The van der Waals surface area contributed by atoms with Crippen LogP contribution in [0.5, 0.6) is 0 Å². The van der Waals surface area contributed by atoms with Gasteiger partial charge in [0.1, 0.15) is 11.6 Å². The van der Waals surface area contributed by atoms with E-state index in [0.29, 0.717) is 24.5 Å². The largest absolute Gasteiger partial charge is 0.333 e. The molecular formula is C23H21FN6O2. The summed E-state index contributed by atoms with van der Waals surface area (Å²) in [5, 5.41) is 15.3. The first-order valence-corrected chi connectivity index (χ1v) is 10.3. The molecule has 0 saturated carbocycles. The van der Waals surface area contributed by atoms with Gasteiger partial charge in [-0.25, -0.2) is 9.18 Å². The molecule has 8 nitrogen and oxygen atoms in total. The quantitative estimate of drug-likeness (QED) is 0.520. The molecule has 9 heteroatoms. The number of amides is 2. The van der Waals surface area contributed by atoms with Crippen LogP contribution in [0.2, 0.25) is 0 Å². The SMILES string of the molecule is Cn1c(=O)ccc2ccc(NC(=O)NC3CCc4nnc(-c5ccc(F)cc5)n4C3)cc21. The van der Waals surface area contributed by atoms with Gasteiger partial charge >= 0.3 is 6.03 Å². The number of carbonyl (C=O) groups excluding carboxylic acids is 1. The van der Waals surface area contributed by atoms with Crippen molar-refractivity contribution in [1.29, 1.82) is 0 Å². The van der Waals surface area contributed by atoms with E-state index in [4.69, 9.17) is 0 Å². The third-order valence-corrected chi connectivity index (χ3v) is 5.77. The summed E-state index contributed by atoms with van der Waals surface area (Å²) in [6.07, 6.45) is 1.42. The van der Waals surface area contributed by atoms with Crippen LogP contribution < -0.4 is 16.2 Å². The van der Waals surface area contributed by atoms with Crippen LogP contribution in [0.3, 0.4) is 0 Å². The van der Waals surface area contributed by atoms with Crippen molar-refractivity contribution in [3.8, 4) is 11.4 Å². The number of benzene rings is 2. The van der Waals surface area contributed by atoms with Gasteiger partial charge < -0.3 is 19.8 Å². The number of nitrogens with zero attached hydrogens (tertiary/aromatic N) is 4. The third kappa shape index (κ3) is 3.73. The minimum atomic E-state index is -0.324. The molecule has 5 rings (SSSR count). The standard InChI is InChI=1S/C23H21FN6O2/c1-29-19-12-17(8-4-14(19)5-11-21(29)31)25-23(32)26-18-9-10-20-27-28-22(30(20)13-18)15-2-6-16(24)7-3-15/h2-8,11-12,18H,9-10,13H2,1H3,(H2,25,26,32). The molecule has 0 spiro atoms. The number of carbonyl (C=O) groups is 1. The fourth-order valence-corrected chi connectivity index (χ4v) is 4.05. The van der Waals surface area contributed by atoms with Gasteiger partial charge in [0.25, 0.3) is 5.56 Å². The summed E-state index contributed by atoms with van der Waals surface area (Å²) in [5.41, 5.74) is 2.01. The highest BCUT2D eigenvalue weighted by Gasteiger charge is 2.24. The summed E-state index contributed by atoms with van der Waals surface area (Å²) in [5.74, 6) is 1.19. The Hall–Kier alpha value is -4.01. The number of aryl methyl sites for hydroxylation is 2. The second-order valence-corrected chi connectivity index (χ2v) is 7.90. The Labute approximate surface area is 182 Å². The fourth-order valence-electron chi connectivity index (χ4n) is 4.05. The van der Waals surface area contributed by atoms with Crippen LogP contribution in [0.15, 0.2) is 59.4 Å². The van der Waals surface area contributed by atoms with E-state index >= 15 is 0 Å². The highest BCUT2D eigenvalue weighted by Crippen LogP contribution is 2.23. The average molecular weight is 432 g/mol. The first-order valence-electron chi connectivity index (χ1n) is 10.3. The molecule has 0 saturated heterocycles. The van der Waals surface area contributed by atoms with Gasteiger partial charge in [0.05, 0.1) is 5.52 Å². The Bertz CT molecular complexity index is 1380. The number of nitrogens with one attached hydrogen (secondary N) is 2. The lowest BCUT2D eigenvalue weighted by Gasteiger charge is -2.25. The van der Waals surface area contributed by atoms with Crippen molar-refractivity contribution >= 4 is 22.6 Å². The normalized spacial score (nSPS) is 15.4. The number of urea groups is 1. The van der Waals surface area contributed by atoms with E-state index in [0.717, 1.165) is 28.7 Å². The molecule has 32 heavy (non-hydrogen) atoms. The van der Waals surface area contributed by atoms with E-state index in [-0.39, 0.29) is 23.4 Å². The lowest BCUT2D eigenvalue weighted by atomic mass is 10.1. The molecule has 2 aromatic carbocycles. The lowest BCUT2D eigenvalue weighted by molar-refractivity contribution is 0.244. The molecule has 1 atom stereocenters. The van der Waals surface area contributed by atoms with Crippen LogP contribution in [0, 0.1) is 5.82 Å². The van der Waals surface area contributed by atoms with Crippen LogP contribution in [0.25, 0.3) is 22.3 Å². The van der Waals surface area contributed by atoms with Crippen molar-refractivity contribution < 1.29 is 9.18 Å². The van der Waals surface area contributed by atoms with Gasteiger partial charge in [-0.15, -0.1) is 10.2 Å². The zero-order chi connectivity index (χ0) is 22.2. The Kier molecular flexibility index (Phi) is 4.93. The van der Waals surface area contributed by atoms with E-state index in [1.807, 2.05) is 10.6 Å². The number of fused-ring (bicyclic) bond motifs is 2. The highest BCUT2D eigenvalue weighted by molar-refractivity contribution is 5.92. The smallest absolute Gasteiger partial charge is 0.319 e. The van der Waals surface area contributed by atoms with Gasteiger partial charge in [0, 0.05) is 43.4 Å². The maximum absolute atomic E-state index is 13.3. The monoisotopic (exact) mass is 432 g/mol. The molecular weight excluding hydrogens is 411 g/mol. The van der Waals surface area contributed by atoms with Crippen molar-refractivity contribution in [1.82, 2.24) is 24.6 Å². The molecule has 0 aliphatic carbocycles. The number of hydrogen-bond acceptors (Lipinski definition) is 4. The van der Waals surface area contributed by atoms with Gasteiger partial charge in [-0.1, -0.05) is 6.07 Å². The molecule has 0 bridgehead atoms. The second-order valence-electron chi connectivity index (χ2n) is 7.90. The van der Waals surface area contributed by atoms with Crippen molar-refractivity contribution in [3.05, 3.63) is 76.6 Å². The first-order chi connectivity index (χ1) is 15.5. The second kappa shape index (κ2) is 7.92. The Morgan fingerprint density at radius 3 is 2.69 bits per heavy atom. The fraction of sp³-hybridized carbons (Fsp3) is 0.217. The summed E-state index contributed by atoms with van der Waals surface area (Å²) < 4.78 is 16.8. The van der Waals surface area contributed by atoms with Gasteiger partial charge in [0.15, 0.2) is 5.82 Å². The molecule has 1 unspecified atom stereocenters. The molecule has 2 aromatic heterocycles. The van der Waals surface area contributed by atoms with Crippen LogP contribution in [0.1, 0.15) is 12.2 Å². The highest BCUT2D eigenvalue weighted by atomic mass is 19.1. The van der Waals surface area contributed by atoms with Crippen molar-refractivity contribution in [2.24, 2.45) is 7.05 Å². The Balaban J connectivity index is 1.30. The van der Waals surface area contributed by atoms with E-state index in [2.05, 4.69) is 20.8 Å². The number of hydrogen-bond donors (Lipinski definition) is 2. The van der Waals surface area contributed by atoms with Gasteiger partial charge in [-0.2, -0.15) is 0 Å². The molecule has 2 N–H and O–H groups in total. The van der Waals surface area contributed by atoms with Gasteiger partial charge in [0.2, 0.25) is 0 Å². The van der Waals surface area contributed by atoms with Crippen LogP contribution >= 0.6 is 0 Å². The van der Waals surface area contributed by atoms with Crippen LogP contribution in [-0.4, -0.2) is 31.4 Å². The Morgan fingerprint density at radius 1 is 1.09 bits per heavy atom. The minimum Gasteiger partial charge on any atom is -0.333 e. The lowest BCUT2D eigenvalue weighted by Crippen LogP contribution is -2.43. The summed E-state index contributed by atoms with van der Waals surface area (Å²) in [6.45, 7) is 0.523. The number of pyridine rings is 1. The zero-order valence-corrected chi connectivity index (χ0v) is 17.4. The van der Waals surface area contributed by atoms with E-state index < -0.39 is 0 Å². The Morgan fingerprint density at radius 2 is 1.88 bits per heavy atom. The molecule has 2 amide bonds.